The van der Waals surface area contributed by atoms with Crippen LogP contribution in [0, 0.1) is 6.92 Å². The molecular formula is C18H24BrN3O. The second kappa shape index (κ2) is 6.29. The highest BCUT2D eigenvalue weighted by atomic mass is 79.9. The molecule has 23 heavy (non-hydrogen) atoms. The van der Waals surface area contributed by atoms with Crippen molar-refractivity contribution in [3.05, 3.63) is 45.6 Å². The quantitative estimate of drug-likeness (QED) is 0.877. The number of aliphatic imine (C=N–C) groups is 1. The Morgan fingerprint density at radius 1 is 1.48 bits per heavy atom. The van der Waals surface area contributed by atoms with Gasteiger partial charge in [0.1, 0.15) is 0 Å². The molecule has 1 fully saturated rings. The maximum Gasteiger partial charge on any atom is 0.195 e. The summed E-state index contributed by atoms with van der Waals surface area (Å²) in [4.78, 5) is 6.85. The molecule has 2 unspecified atom stereocenters. The molecule has 124 valence electrons. The topological polar surface area (TPSA) is 50.9 Å². The fourth-order valence-corrected chi connectivity index (χ4v) is 4.09. The van der Waals surface area contributed by atoms with Crippen LogP contribution in [0.25, 0.3) is 0 Å². The summed E-state index contributed by atoms with van der Waals surface area (Å²) in [6, 6.07) is 6.46. The monoisotopic (exact) mass is 377 g/mol. The Hall–Kier alpha value is -1.33. The largest absolute Gasteiger partial charge is 0.381 e. The Kier molecular flexibility index (Phi) is 4.52. The minimum absolute atomic E-state index is 0.218. The van der Waals surface area contributed by atoms with E-state index < -0.39 is 0 Å². The van der Waals surface area contributed by atoms with Crippen LogP contribution in [0.1, 0.15) is 30.4 Å². The molecule has 2 aliphatic rings. The van der Waals surface area contributed by atoms with Gasteiger partial charge >= 0.3 is 0 Å². The van der Waals surface area contributed by atoms with Gasteiger partial charge < -0.3 is 15.4 Å². The fraction of sp³-hybridized carbons (Fsp3) is 0.500. The van der Waals surface area contributed by atoms with E-state index in [9.17, 15) is 0 Å². The van der Waals surface area contributed by atoms with E-state index in [0.29, 0.717) is 5.96 Å². The van der Waals surface area contributed by atoms with Gasteiger partial charge in [0, 0.05) is 31.3 Å². The van der Waals surface area contributed by atoms with Crippen molar-refractivity contribution in [2.75, 3.05) is 14.2 Å². The molecule has 0 radical (unpaired) electrons. The predicted molar refractivity (Wildman–Crippen MR) is 97.4 cm³/mol. The van der Waals surface area contributed by atoms with Crippen LogP contribution in [0.2, 0.25) is 0 Å². The number of ether oxygens (including phenoxy) is 1. The summed E-state index contributed by atoms with van der Waals surface area (Å²) in [6.45, 7) is 2.16. The molecule has 4 nitrogen and oxygen atoms in total. The number of nitrogens with two attached hydrogens (primary N) is 1. The number of halogens is 1. The number of benzene rings is 1. The van der Waals surface area contributed by atoms with Gasteiger partial charge in [-0.2, -0.15) is 0 Å². The van der Waals surface area contributed by atoms with Crippen molar-refractivity contribution < 1.29 is 4.74 Å². The molecule has 5 heteroatoms. The van der Waals surface area contributed by atoms with E-state index in [0.717, 1.165) is 30.2 Å². The summed E-state index contributed by atoms with van der Waals surface area (Å²) in [5.74, 6) is 0.597. The van der Waals surface area contributed by atoms with Crippen LogP contribution in [0.4, 0.5) is 0 Å². The summed E-state index contributed by atoms with van der Waals surface area (Å²) < 4.78 is 6.70. The lowest BCUT2D eigenvalue weighted by Gasteiger charge is -2.43. The second-order valence-electron chi connectivity index (χ2n) is 6.61. The van der Waals surface area contributed by atoms with E-state index in [4.69, 9.17) is 15.5 Å². The van der Waals surface area contributed by atoms with Crippen molar-refractivity contribution in [2.24, 2.45) is 10.7 Å². The molecule has 0 bridgehead atoms. The van der Waals surface area contributed by atoms with Crippen LogP contribution in [0.3, 0.4) is 0 Å². The molecule has 1 aliphatic carbocycles. The average molecular weight is 378 g/mol. The van der Waals surface area contributed by atoms with E-state index >= 15 is 0 Å². The molecule has 0 spiro atoms. The van der Waals surface area contributed by atoms with Crippen LogP contribution in [-0.2, 0) is 11.2 Å². The number of hydrogen-bond donors (Lipinski definition) is 1. The minimum atomic E-state index is -0.218. The molecule has 0 saturated heterocycles. The Balaban J connectivity index is 1.97. The van der Waals surface area contributed by atoms with Crippen LogP contribution in [0.15, 0.2) is 39.4 Å². The third-order valence-electron chi connectivity index (χ3n) is 5.09. The van der Waals surface area contributed by atoms with E-state index in [1.807, 2.05) is 11.9 Å². The molecule has 1 aliphatic heterocycles. The molecule has 3 rings (SSSR count). The summed E-state index contributed by atoms with van der Waals surface area (Å²) in [5.41, 5.74) is 9.87. The fourth-order valence-electron chi connectivity index (χ4n) is 3.61. The molecule has 2 atom stereocenters. The van der Waals surface area contributed by atoms with E-state index in [2.05, 4.69) is 47.3 Å². The third kappa shape index (κ3) is 3.17. The number of guanidine groups is 1. The summed E-state index contributed by atoms with van der Waals surface area (Å²) >= 11 is 3.54. The average Bonchev–Trinajstić information content (AvgIpc) is 2.51. The number of rotatable bonds is 3. The van der Waals surface area contributed by atoms with Gasteiger partial charge in [-0.05, 0) is 55.0 Å². The van der Waals surface area contributed by atoms with Gasteiger partial charge in [-0.1, -0.05) is 22.0 Å². The van der Waals surface area contributed by atoms with Crippen molar-refractivity contribution in [3.8, 4) is 0 Å². The van der Waals surface area contributed by atoms with Gasteiger partial charge in [0.05, 0.1) is 11.6 Å². The lowest BCUT2D eigenvalue weighted by Crippen LogP contribution is -2.47. The van der Waals surface area contributed by atoms with Gasteiger partial charge in [-0.25, -0.2) is 4.99 Å². The van der Waals surface area contributed by atoms with Gasteiger partial charge in [0.25, 0.3) is 0 Å². The molecule has 0 amide bonds. The summed E-state index contributed by atoms with van der Waals surface area (Å²) in [5, 5.41) is 0. The maximum absolute atomic E-state index is 6.15. The van der Waals surface area contributed by atoms with Gasteiger partial charge in [-0.15, -0.1) is 0 Å². The first-order valence-corrected chi connectivity index (χ1v) is 8.80. The Labute approximate surface area is 146 Å². The Morgan fingerprint density at radius 3 is 2.96 bits per heavy atom. The first-order valence-electron chi connectivity index (χ1n) is 8.01. The maximum atomic E-state index is 6.15. The van der Waals surface area contributed by atoms with Gasteiger partial charge in [0.15, 0.2) is 5.96 Å². The predicted octanol–water partition coefficient (Wildman–Crippen LogP) is 3.38. The van der Waals surface area contributed by atoms with Gasteiger partial charge in [-0.3, -0.25) is 0 Å². The molecular weight excluding hydrogens is 354 g/mol. The third-order valence-corrected chi connectivity index (χ3v) is 5.58. The van der Waals surface area contributed by atoms with Crippen molar-refractivity contribution in [1.29, 1.82) is 0 Å². The Morgan fingerprint density at radius 2 is 2.26 bits per heavy atom. The zero-order valence-electron chi connectivity index (χ0n) is 14.0. The van der Waals surface area contributed by atoms with E-state index in [-0.39, 0.29) is 11.6 Å². The number of nitrogens with zero attached hydrogens (tertiary/aromatic N) is 2. The van der Waals surface area contributed by atoms with Crippen LogP contribution in [-0.4, -0.2) is 36.7 Å². The van der Waals surface area contributed by atoms with Crippen molar-refractivity contribution in [2.45, 2.75) is 44.2 Å². The van der Waals surface area contributed by atoms with Gasteiger partial charge in [0.2, 0.25) is 0 Å². The highest BCUT2D eigenvalue weighted by Gasteiger charge is 2.42. The number of fused-ring (bicyclic) bond motifs is 1. The summed E-state index contributed by atoms with van der Waals surface area (Å²) in [7, 11) is 3.75. The van der Waals surface area contributed by atoms with Crippen molar-refractivity contribution in [1.82, 2.24) is 4.90 Å². The highest BCUT2D eigenvalue weighted by Crippen LogP contribution is 2.42. The molecule has 2 N–H and O–H groups in total. The normalized spacial score (nSPS) is 27.3. The first kappa shape index (κ1) is 16.5. The SMILES string of the molecule is COC1CCC2(Cc3ccc(Br)cc3C)N=C(N)N(C)C=C2C1. The number of aryl methyl sites for hydroxylation is 1. The van der Waals surface area contributed by atoms with Crippen molar-refractivity contribution >= 4 is 21.9 Å². The van der Waals surface area contributed by atoms with Crippen molar-refractivity contribution in [3.63, 3.8) is 0 Å². The van der Waals surface area contributed by atoms with Crippen LogP contribution in [0.5, 0.6) is 0 Å². The molecule has 1 aromatic rings. The second-order valence-corrected chi connectivity index (χ2v) is 7.53. The zero-order valence-corrected chi connectivity index (χ0v) is 15.6. The first-order chi connectivity index (χ1) is 10.9. The highest BCUT2D eigenvalue weighted by molar-refractivity contribution is 9.10. The number of hydrogen-bond acceptors (Lipinski definition) is 4. The lowest BCUT2D eigenvalue weighted by atomic mass is 9.72. The number of methoxy groups -OCH3 is 1. The van der Waals surface area contributed by atoms with E-state index in [1.165, 1.54) is 16.7 Å². The summed E-state index contributed by atoms with van der Waals surface area (Å²) in [6.07, 6.45) is 6.24. The molecule has 1 saturated carbocycles. The lowest BCUT2D eigenvalue weighted by molar-refractivity contribution is 0.0705. The van der Waals surface area contributed by atoms with Crippen LogP contribution >= 0.6 is 15.9 Å². The molecule has 1 heterocycles. The Bertz CT molecular complexity index is 670. The zero-order chi connectivity index (χ0) is 16.6. The standard InChI is InChI=1S/C18H24BrN3O/c1-12-8-15(19)5-4-13(12)10-18-7-6-16(23-3)9-14(18)11-22(2)17(20)21-18/h4-5,8,11,16H,6-7,9-10H2,1-3H3,(H2,20,21). The molecule has 1 aromatic carbocycles. The van der Waals surface area contributed by atoms with Crippen LogP contribution < -0.4 is 5.73 Å². The molecule has 0 aromatic heterocycles. The smallest absolute Gasteiger partial charge is 0.195 e. The van der Waals surface area contributed by atoms with E-state index in [1.54, 1.807) is 7.11 Å². The minimum Gasteiger partial charge on any atom is -0.381 e.